The van der Waals surface area contributed by atoms with E-state index < -0.39 is 19.6 Å². The third-order valence-electron chi connectivity index (χ3n) is 2.90. The van der Waals surface area contributed by atoms with E-state index in [1.165, 1.54) is 0 Å². The van der Waals surface area contributed by atoms with Gasteiger partial charge in [0.1, 0.15) is 6.10 Å². The molecule has 1 rings (SSSR count). The number of aryl methyl sites for hydroxylation is 1. The zero-order valence-corrected chi connectivity index (χ0v) is 12.5. The summed E-state index contributed by atoms with van der Waals surface area (Å²) in [5.41, 5.74) is 1.66. The molecular weight excluding hydrogens is 304 g/mol. The van der Waals surface area contributed by atoms with Crippen LogP contribution in [0.1, 0.15) is 30.6 Å². The van der Waals surface area contributed by atoms with Crippen molar-refractivity contribution in [1.29, 1.82) is 0 Å². The lowest BCUT2D eigenvalue weighted by molar-refractivity contribution is 0.160. The Morgan fingerprint density at radius 1 is 1.35 bits per heavy atom. The molecule has 0 aliphatic carbocycles. The summed E-state index contributed by atoms with van der Waals surface area (Å²) in [5, 5.41) is 10.2. The first-order chi connectivity index (χ1) is 7.72. The molecule has 1 N–H and O–H groups in total. The maximum atomic E-state index is 11.8. The molecule has 0 saturated heterocycles. The van der Waals surface area contributed by atoms with Crippen LogP contribution in [-0.4, -0.2) is 23.4 Å². The monoisotopic (exact) mass is 320 g/mol. The second kappa shape index (κ2) is 5.08. The molecule has 2 atom stereocenters. The van der Waals surface area contributed by atoms with Crippen molar-refractivity contribution in [2.45, 2.75) is 30.0 Å². The molecule has 0 heterocycles. The Bertz CT molecular complexity index is 481. The van der Waals surface area contributed by atoms with Crippen molar-refractivity contribution in [3.8, 4) is 0 Å². The molecule has 0 amide bonds. The minimum absolute atomic E-state index is 0.293. The summed E-state index contributed by atoms with van der Waals surface area (Å²) >= 11 is 3.19. The predicted molar refractivity (Wildman–Crippen MR) is 72.9 cm³/mol. The zero-order valence-electron chi connectivity index (χ0n) is 10.1. The Morgan fingerprint density at radius 3 is 2.18 bits per heavy atom. The number of alkyl halides is 1. The van der Waals surface area contributed by atoms with Crippen molar-refractivity contribution >= 4 is 25.8 Å². The maximum Gasteiger partial charge on any atom is 0.166 e. The van der Waals surface area contributed by atoms with Crippen LogP contribution in [0.4, 0.5) is 0 Å². The smallest absolute Gasteiger partial charge is 0.166 e. The van der Waals surface area contributed by atoms with Gasteiger partial charge < -0.3 is 5.11 Å². The van der Waals surface area contributed by atoms with E-state index in [4.69, 9.17) is 0 Å². The summed E-state index contributed by atoms with van der Waals surface area (Å²) < 4.78 is 22.2. The topological polar surface area (TPSA) is 54.4 Å². The maximum absolute atomic E-state index is 11.8. The summed E-state index contributed by atoms with van der Waals surface area (Å²) in [6.07, 6.45) is 0.340. The minimum atomic E-state index is -3.41. The number of benzene rings is 1. The average molecular weight is 321 g/mol. The molecule has 3 nitrogen and oxygen atoms in total. The third-order valence-corrected chi connectivity index (χ3v) is 7.40. The molecular formula is C12H17BrO3S. The lowest BCUT2D eigenvalue weighted by Crippen LogP contribution is -2.37. The molecule has 0 aromatic heterocycles. The van der Waals surface area contributed by atoms with Crippen LogP contribution < -0.4 is 0 Å². The van der Waals surface area contributed by atoms with Crippen LogP contribution in [0.15, 0.2) is 24.3 Å². The van der Waals surface area contributed by atoms with Gasteiger partial charge in [0, 0.05) is 6.26 Å². The second-order valence-corrected chi connectivity index (χ2v) is 8.44. The van der Waals surface area contributed by atoms with Crippen molar-refractivity contribution in [3.05, 3.63) is 35.4 Å². The molecule has 1 aromatic rings. The van der Waals surface area contributed by atoms with Crippen molar-refractivity contribution in [2.24, 2.45) is 0 Å². The summed E-state index contributed by atoms with van der Waals surface area (Å²) in [7, 11) is -3.41. The van der Waals surface area contributed by atoms with E-state index in [0.29, 0.717) is 12.0 Å². The Balaban J connectivity index is 3.19. The fourth-order valence-electron chi connectivity index (χ4n) is 1.66. The highest BCUT2D eigenvalue weighted by atomic mass is 79.9. The van der Waals surface area contributed by atoms with Gasteiger partial charge in [0.05, 0.1) is 0 Å². The van der Waals surface area contributed by atoms with E-state index in [0.717, 1.165) is 11.8 Å². The van der Waals surface area contributed by atoms with Crippen LogP contribution in [0.5, 0.6) is 0 Å². The Morgan fingerprint density at radius 2 is 1.82 bits per heavy atom. The number of hydrogen-bond donors (Lipinski definition) is 1. The number of hydrogen-bond acceptors (Lipinski definition) is 3. The largest absolute Gasteiger partial charge is 0.386 e. The van der Waals surface area contributed by atoms with Crippen LogP contribution in [-0.2, 0) is 9.84 Å². The number of rotatable bonds is 4. The summed E-state index contributed by atoms with van der Waals surface area (Å²) in [4.78, 5) is 0. The summed E-state index contributed by atoms with van der Waals surface area (Å²) in [5.74, 6) is 0. The van der Waals surface area contributed by atoms with E-state index in [1.54, 1.807) is 19.1 Å². The van der Waals surface area contributed by atoms with Crippen molar-refractivity contribution in [3.63, 3.8) is 0 Å². The van der Waals surface area contributed by atoms with Gasteiger partial charge in [-0.25, -0.2) is 8.42 Å². The van der Waals surface area contributed by atoms with Crippen LogP contribution >= 0.6 is 15.9 Å². The summed E-state index contributed by atoms with van der Waals surface area (Å²) in [6.45, 7) is 3.67. The molecule has 0 saturated carbocycles. The zero-order chi connectivity index (χ0) is 13.3. The molecule has 0 spiro atoms. The molecule has 0 bridgehead atoms. The van der Waals surface area contributed by atoms with Crippen molar-refractivity contribution < 1.29 is 13.5 Å². The van der Waals surface area contributed by atoms with E-state index in [9.17, 15) is 13.5 Å². The van der Waals surface area contributed by atoms with Gasteiger partial charge in [-0.2, -0.15) is 0 Å². The predicted octanol–water partition coefficient (Wildman–Crippen LogP) is 2.57. The molecule has 17 heavy (non-hydrogen) atoms. The minimum Gasteiger partial charge on any atom is -0.386 e. The Kier molecular flexibility index (Phi) is 4.38. The lowest BCUT2D eigenvalue weighted by Gasteiger charge is -2.30. The SMILES string of the molecule is CC[C@](Br)([C@H](O)c1ccc(C)cc1)S(C)(=O)=O. The van der Waals surface area contributed by atoms with E-state index in [-0.39, 0.29) is 0 Å². The van der Waals surface area contributed by atoms with Gasteiger partial charge in [-0.3, -0.25) is 0 Å². The first kappa shape index (κ1) is 14.7. The number of aliphatic hydroxyl groups excluding tert-OH is 1. The molecule has 96 valence electrons. The highest BCUT2D eigenvalue weighted by molar-refractivity contribution is 9.11. The van der Waals surface area contributed by atoms with Gasteiger partial charge >= 0.3 is 0 Å². The molecule has 0 unspecified atom stereocenters. The molecule has 5 heteroatoms. The van der Waals surface area contributed by atoms with Crippen LogP contribution in [0.3, 0.4) is 0 Å². The Labute approximate surface area is 111 Å². The van der Waals surface area contributed by atoms with Crippen LogP contribution in [0.2, 0.25) is 0 Å². The molecule has 1 aromatic carbocycles. The van der Waals surface area contributed by atoms with E-state index in [1.807, 2.05) is 19.1 Å². The number of halogens is 1. The highest BCUT2D eigenvalue weighted by Gasteiger charge is 2.44. The first-order valence-electron chi connectivity index (χ1n) is 5.35. The van der Waals surface area contributed by atoms with Crippen LogP contribution in [0.25, 0.3) is 0 Å². The van der Waals surface area contributed by atoms with Gasteiger partial charge in [-0.05, 0) is 18.9 Å². The van der Waals surface area contributed by atoms with Gasteiger partial charge in [-0.1, -0.05) is 52.7 Å². The summed E-state index contributed by atoms with van der Waals surface area (Å²) in [6, 6.07) is 7.20. The quantitative estimate of drug-likeness (QED) is 0.867. The molecule has 0 aliphatic rings. The fourth-order valence-corrected chi connectivity index (χ4v) is 2.99. The van der Waals surface area contributed by atoms with E-state index >= 15 is 0 Å². The van der Waals surface area contributed by atoms with Gasteiger partial charge in [-0.15, -0.1) is 0 Å². The van der Waals surface area contributed by atoms with Gasteiger partial charge in [0.2, 0.25) is 0 Å². The molecule has 0 fully saturated rings. The average Bonchev–Trinajstić information content (AvgIpc) is 2.26. The normalized spacial score (nSPS) is 17.5. The highest BCUT2D eigenvalue weighted by Crippen LogP contribution is 2.41. The van der Waals surface area contributed by atoms with Crippen molar-refractivity contribution in [1.82, 2.24) is 0 Å². The third kappa shape index (κ3) is 2.89. The molecule has 0 aliphatic heterocycles. The number of sulfone groups is 1. The van der Waals surface area contributed by atoms with Crippen molar-refractivity contribution in [2.75, 3.05) is 6.26 Å². The first-order valence-corrected chi connectivity index (χ1v) is 8.04. The van der Waals surface area contributed by atoms with E-state index in [2.05, 4.69) is 15.9 Å². The van der Waals surface area contributed by atoms with Gasteiger partial charge in [0.15, 0.2) is 13.5 Å². The second-order valence-electron chi connectivity index (χ2n) is 4.23. The fraction of sp³-hybridized carbons (Fsp3) is 0.500. The standard InChI is InChI=1S/C12H17BrO3S/c1-4-12(13,17(3,15)16)11(14)10-7-5-9(2)6-8-10/h5-8,11,14H,4H2,1-3H3/t11-,12-/m1/s1. The number of aliphatic hydroxyl groups is 1. The molecule has 0 radical (unpaired) electrons. The van der Waals surface area contributed by atoms with Gasteiger partial charge in [0.25, 0.3) is 0 Å². The Hall–Kier alpha value is -0.390. The van der Waals surface area contributed by atoms with Crippen LogP contribution in [0, 0.1) is 6.92 Å². The lowest BCUT2D eigenvalue weighted by atomic mass is 10.0.